The first kappa shape index (κ1) is 28.7. The van der Waals surface area contributed by atoms with Gasteiger partial charge in [0, 0.05) is 5.56 Å². The summed E-state index contributed by atoms with van der Waals surface area (Å²) in [6.45, 7) is 1.49. The van der Waals surface area contributed by atoms with Gasteiger partial charge in [-0.1, -0.05) is 54.6 Å². The van der Waals surface area contributed by atoms with Gasteiger partial charge in [-0.3, -0.25) is 0 Å². The number of aromatic nitrogens is 1. The number of rotatable bonds is 10. The molecule has 214 valence electrons. The number of ether oxygens (including phenoxy) is 3. The molecule has 0 aliphatic heterocycles. The van der Waals surface area contributed by atoms with Crippen LogP contribution in [-0.4, -0.2) is 29.0 Å². The topological polar surface area (TPSA) is 77.9 Å². The van der Waals surface area contributed by atoms with E-state index < -0.39 is 18.9 Å². The average Bonchev–Trinajstić information content (AvgIpc) is 3.40. The van der Waals surface area contributed by atoms with Gasteiger partial charge in [-0.05, 0) is 71.6 Å². The lowest BCUT2D eigenvalue weighted by atomic mass is 10.0. The van der Waals surface area contributed by atoms with E-state index in [0.29, 0.717) is 33.3 Å². The zero-order valence-corrected chi connectivity index (χ0v) is 23.0. The standard InChI is InChI=1S/C32H24F3NO5S/c1-20-17-26(15-16-27(20)40-19-29(37)38)39-18-28-36-30(23-11-13-25(14-12-23)41-32(33,34)35)31(42-28)24-9-7-22(8-10-24)21-5-3-2-4-6-21/h2-17H,18-19H2,1H3,(H,37,38). The smallest absolute Gasteiger partial charge is 0.486 e. The Labute approximate surface area is 243 Å². The number of hydrogen-bond donors (Lipinski definition) is 1. The summed E-state index contributed by atoms with van der Waals surface area (Å²) in [5.74, 6) is -0.387. The second-order valence-corrected chi connectivity index (χ2v) is 10.3. The number of nitrogens with zero attached hydrogens (tertiary/aromatic N) is 1. The minimum absolute atomic E-state index is 0.143. The van der Waals surface area contributed by atoms with Crippen molar-refractivity contribution in [1.29, 1.82) is 0 Å². The number of thiazole rings is 1. The summed E-state index contributed by atoms with van der Waals surface area (Å²) in [5.41, 5.74) is 4.99. The Morgan fingerprint density at radius 1 is 0.810 bits per heavy atom. The lowest BCUT2D eigenvalue weighted by Gasteiger charge is -2.10. The van der Waals surface area contributed by atoms with Gasteiger partial charge in [0.25, 0.3) is 0 Å². The molecule has 1 N–H and O–H groups in total. The molecule has 0 fully saturated rings. The van der Waals surface area contributed by atoms with Crippen LogP contribution in [0.2, 0.25) is 0 Å². The van der Waals surface area contributed by atoms with Crippen molar-refractivity contribution in [2.75, 3.05) is 6.61 Å². The van der Waals surface area contributed by atoms with E-state index >= 15 is 0 Å². The third-order valence-electron chi connectivity index (χ3n) is 6.15. The fourth-order valence-corrected chi connectivity index (χ4v) is 5.24. The highest BCUT2D eigenvalue weighted by molar-refractivity contribution is 7.15. The minimum Gasteiger partial charge on any atom is -0.486 e. The predicted octanol–water partition coefficient (Wildman–Crippen LogP) is 8.39. The second-order valence-electron chi connectivity index (χ2n) is 9.20. The van der Waals surface area contributed by atoms with Crippen molar-refractivity contribution in [2.45, 2.75) is 19.9 Å². The molecule has 5 rings (SSSR count). The number of aliphatic carboxylic acids is 1. The molecule has 0 atom stereocenters. The van der Waals surface area contributed by atoms with Crippen molar-refractivity contribution in [1.82, 2.24) is 4.98 Å². The summed E-state index contributed by atoms with van der Waals surface area (Å²) in [7, 11) is 0. The Kier molecular flexibility index (Phi) is 8.44. The van der Waals surface area contributed by atoms with Crippen molar-refractivity contribution in [3.63, 3.8) is 0 Å². The molecule has 6 nitrogen and oxygen atoms in total. The van der Waals surface area contributed by atoms with E-state index in [1.165, 1.54) is 23.5 Å². The van der Waals surface area contributed by atoms with Crippen LogP contribution in [0, 0.1) is 6.92 Å². The molecule has 1 aromatic heterocycles. The first-order chi connectivity index (χ1) is 20.1. The Morgan fingerprint density at radius 3 is 2.07 bits per heavy atom. The number of hydrogen-bond acceptors (Lipinski definition) is 6. The van der Waals surface area contributed by atoms with Crippen molar-refractivity contribution in [3.05, 3.63) is 108 Å². The van der Waals surface area contributed by atoms with Crippen LogP contribution in [-0.2, 0) is 11.4 Å². The molecule has 1 heterocycles. The molecule has 0 spiro atoms. The highest BCUT2D eigenvalue weighted by atomic mass is 32.1. The number of carbonyl (C=O) groups is 1. The first-order valence-corrected chi connectivity index (χ1v) is 13.6. The first-order valence-electron chi connectivity index (χ1n) is 12.7. The zero-order chi connectivity index (χ0) is 29.7. The van der Waals surface area contributed by atoms with Gasteiger partial charge in [-0.15, -0.1) is 24.5 Å². The SMILES string of the molecule is Cc1cc(OCc2nc(-c3ccc(OC(F)(F)F)cc3)c(-c3ccc(-c4ccccc4)cc3)s2)ccc1OCC(=O)O. The number of alkyl halides is 3. The van der Waals surface area contributed by atoms with Gasteiger partial charge in [0.2, 0.25) is 0 Å². The average molecular weight is 592 g/mol. The normalized spacial score (nSPS) is 11.2. The van der Waals surface area contributed by atoms with E-state index in [2.05, 4.69) is 4.74 Å². The van der Waals surface area contributed by atoms with Crippen molar-refractivity contribution in [3.8, 4) is 50.1 Å². The Hall–Kier alpha value is -4.83. The molecule has 0 saturated carbocycles. The van der Waals surface area contributed by atoms with Gasteiger partial charge in [0.15, 0.2) is 6.61 Å². The highest BCUT2D eigenvalue weighted by Gasteiger charge is 2.31. The van der Waals surface area contributed by atoms with Crippen molar-refractivity contribution < 1.29 is 37.3 Å². The number of carboxylic acids is 1. The largest absolute Gasteiger partial charge is 0.573 e. The lowest BCUT2D eigenvalue weighted by Crippen LogP contribution is -2.16. The van der Waals surface area contributed by atoms with Gasteiger partial charge in [0.05, 0.1) is 10.6 Å². The summed E-state index contributed by atoms with van der Waals surface area (Å²) < 4.78 is 53.3. The van der Waals surface area contributed by atoms with E-state index in [1.54, 1.807) is 37.3 Å². The molecule has 0 aliphatic rings. The third-order valence-corrected chi connectivity index (χ3v) is 7.22. The molecule has 4 aromatic carbocycles. The van der Waals surface area contributed by atoms with Gasteiger partial charge in [0.1, 0.15) is 28.9 Å². The number of halogens is 3. The van der Waals surface area contributed by atoms with Gasteiger partial charge < -0.3 is 19.3 Å². The van der Waals surface area contributed by atoms with Gasteiger partial charge in [-0.25, -0.2) is 9.78 Å². The molecule has 0 radical (unpaired) electrons. The molecule has 0 amide bonds. The maximum absolute atomic E-state index is 12.7. The van der Waals surface area contributed by atoms with E-state index in [1.807, 2.05) is 54.6 Å². The number of benzene rings is 4. The maximum atomic E-state index is 12.7. The molecule has 10 heteroatoms. The summed E-state index contributed by atoms with van der Waals surface area (Å²) >= 11 is 1.42. The van der Waals surface area contributed by atoms with Crippen LogP contribution in [0.3, 0.4) is 0 Å². The summed E-state index contributed by atoms with van der Waals surface area (Å²) in [6.07, 6.45) is -4.78. The summed E-state index contributed by atoms with van der Waals surface area (Å²) in [5, 5.41) is 9.50. The van der Waals surface area contributed by atoms with Crippen LogP contribution in [0.4, 0.5) is 13.2 Å². The molecule has 0 bridgehead atoms. The maximum Gasteiger partial charge on any atom is 0.573 e. The van der Waals surface area contributed by atoms with E-state index in [9.17, 15) is 18.0 Å². The predicted molar refractivity (Wildman–Crippen MR) is 154 cm³/mol. The van der Waals surface area contributed by atoms with Crippen LogP contribution in [0.5, 0.6) is 17.2 Å². The third kappa shape index (κ3) is 7.27. The van der Waals surface area contributed by atoms with Crippen molar-refractivity contribution >= 4 is 17.3 Å². The van der Waals surface area contributed by atoms with E-state index in [4.69, 9.17) is 19.6 Å². The number of aryl methyl sites for hydroxylation is 1. The van der Waals surface area contributed by atoms with E-state index in [0.717, 1.165) is 21.6 Å². The molecule has 0 unspecified atom stereocenters. The molecule has 0 aliphatic carbocycles. The van der Waals surface area contributed by atoms with Gasteiger partial charge in [-0.2, -0.15) is 0 Å². The van der Waals surface area contributed by atoms with Gasteiger partial charge >= 0.3 is 12.3 Å². The number of carboxylic acid groups (broad SMARTS) is 1. The molecular weight excluding hydrogens is 567 g/mol. The van der Waals surface area contributed by atoms with Crippen LogP contribution >= 0.6 is 11.3 Å². The highest BCUT2D eigenvalue weighted by Crippen LogP contribution is 2.39. The fourth-order valence-electron chi connectivity index (χ4n) is 4.23. The zero-order valence-electron chi connectivity index (χ0n) is 22.2. The molecular formula is C32H24F3NO5S. The quantitative estimate of drug-likeness (QED) is 0.176. The fraction of sp³-hybridized carbons (Fsp3) is 0.125. The summed E-state index contributed by atoms with van der Waals surface area (Å²) in [4.78, 5) is 16.4. The van der Waals surface area contributed by atoms with E-state index in [-0.39, 0.29) is 12.4 Å². The monoisotopic (exact) mass is 591 g/mol. The van der Waals surface area contributed by atoms with Crippen LogP contribution in [0.25, 0.3) is 32.8 Å². The summed E-state index contributed by atoms with van der Waals surface area (Å²) in [6, 6.07) is 28.6. The Bertz CT molecular complexity index is 1670. The second kappa shape index (κ2) is 12.4. The van der Waals surface area contributed by atoms with Crippen LogP contribution < -0.4 is 14.2 Å². The molecule has 5 aromatic rings. The molecule has 42 heavy (non-hydrogen) atoms. The Morgan fingerprint density at radius 2 is 1.43 bits per heavy atom. The van der Waals surface area contributed by atoms with Crippen molar-refractivity contribution in [2.24, 2.45) is 0 Å². The van der Waals surface area contributed by atoms with Crippen LogP contribution in [0.15, 0.2) is 97.1 Å². The lowest BCUT2D eigenvalue weighted by molar-refractivity contribution is -0.274. The Balaban J connectivity index is 1.42. The van der Waals surface area contributed by atoms with Crippen LogP contribution in [0.1, 0.15) is 10.6 Å². The molecule has 0 saturated heterocycles. The minimum atomic E-state index is -4.78.